The minimum atomic E-state index is -0.612. The largest absolute Gasteiger partial charge is 0.489 e. The van der Waals surface area contributed by atoms with Crippen LogP contribution in [0.15, 0.2) is 88.8 Å². The molecule has 0 fully saturated rings. The Bertz CT molecular complexity index is 1420. The number of hydrogen-bond acceptors (Lipinski definition) is 5. The zero-order chi connectivity index (χ0) is 24.4. The molecule has 5 rings (SSSR count). The number of ether oxygens (including phenoxy) is 1. The fourth-order valence-electron chi connectivity index (χ4n) is 4.29. The fraction of sp³-hybridized carbons (Fsp3) is 0.185. The van der Waals surface area contributed by atoms with Crippen molar-refractivity contribution >= 4 is 23.4 Å². The zero-order valence-electron chi connectivity index (χ0n) is 19.5. The number of rotatable bonds is 6. The first kappa shape index (κ1) is 22.9. The van der Waals surface area contributed by atoms with E-state index < -0.39 is 6.17 Å². The maximum atomic E-state index is 13.2. The van der Waals surface area contributed by atoms with E-state index in [-0.39, 0.29) is 11.5 Å². The maximum absolute atomic E-state index is 13.2. The highest BCUT2D eigenvalue weighted by Gasteiger charge is 2.44. The molecule has 0 saturated heterocycles. The van der Waals surface area contributed by atoms with Gasteiger partial charge in [-0.05, 0) is 52.4 Å². The lowest BCUT2D eigenvalue weighted by Gasteiger charge is -2.31. The van der Waals surface area contributed by atoms with Crippen molar-refractivity contribution in [2.75, 3.05) is 10.7 Å². The summed E-state index contributed by atoms with van der Waals surface area (Å²) in [7, 11) is 0. The molecule has 0 saturated carbocycles. The lowest BCUT2D eigenvalue weighted by atomic mass is 10.0. The minimum Gasteiger partial charge on any atom is -0.489 e. The Kier molecular flexibility index (Phi) is 6.37. The molecule has 1 atom stereocenters. The Morgan fingerprint density at radius 3 is 2.49 bits per heavy atom. The molecule has 2 heterocycles. The number of aromatic nitrogens is 3. The molecular weight excluding hydrogens is 460 g/mol. The summed E-state index contributed by atoms with van der Waals surface area (Å²) in [5.41, 5.74) is 3.43. The quantitative estimate of drug-likeness (QED) is 0.325. The van der Waals surface area contributed by atoms with Crippen molar-refractivity contribution in [2.45, 2.75) is 31.8 Å². The van der Waals surface area contributed by atoms with Crippen LogP contribution in [0.4, 0.5) is 5.69 Å². The van der Waals surface area contributed by atoms with Crippen LogP contribution >= 0.6 is 11.8 Å². The van der Waals surface area contributed by atoms with Gasteiger partial charge < -0.3 is 4.74 Å². The second-order valence-electron chi connectivity index (χ2n) is 8.11. The van der Waals surface area contributed by atoms with Gasteiger partial charge in [-0.15, -0.1) is 0 Å². The lowest BCUT2D eigenvalue weighted by Crippen LogP contribution is -2.60. The van der Waals surface area contributed by atoms with E-state index in [2.05, 4.69) is 4.98 Å². The van der Waals surface area contributed by atoms with Crippen LogP contribution in [0.2, 0.25) is 0 Å². The van der Waals surface area contributed by atoms with Crippen molar-refractivity contribution in [2.24, 2.45) is 0 Å². The lowest BCUT2D eigenvalue weighted by molar-refractivity contribution is -0.763. The second kappa shape index (κ2) is 9.76. The summed E-state index contributed by atoms with van der Waals surface area (Å²) in [4.78, 5) is 30.7. The topological polar surface area (TPSA) is 79.2 Å². The predicted octanol–water partition coefficient (Wildman–Crippen LogP) is 4.33. The Hall–Kier alpha value is -3.91. The number of anilines is 1. The number of benzene rings is 3. The first-order valence-electron chi connectivity index (χ1n) is 11.4. The van der Waals surface area contributed by atoms with E-state index in [0.717, 1.165) is 22.6 Å². The second-order valence-corrected chi connectivity index (χ2v) is 9.36. The molecule has 0 spiro atoms. The molecule has 3 aromatic carbocycles. The number of nitrogens with zero attached hydrogens (tertiary/aromatic N) is 3. The third-order valence-corrected chi connectivity index (χ3v) is 6.55. The van der Waals surface area contributed by atoms with Gasteiger partial charge in [0.25, 0.3) is 6.17 Å². The molecular formula is C27H25N4O3S+. The van der Waals surface area contributed by atoms with Crippen molar-refractivity contribution in [1.29, 1.82) is 0 Å². The van der Waals surface area contributed by atoms with Crippen LogP contribution in [0, 0.1) is 0 Å². The normalized spacial score (nSPS) is 14.2. The molecule has 1 N–H and O–H groups in total. The highest BCUT2D eigenvalue weighted by atomic mass is 32.2. The van der Waals surface area contributed by atoms with Gasteiger partial charge in [0.05, 0.1) is 11.3 Å². The van der Waals surface area contributed by atoms with Crippen LogP contribution in [0.1, 0.15) is 31.1 Å². The molecule has 0 aliphatic carbocycles. The van der Waals surface area contributed by atoms with E-state index in [1.54, 1.807) is 9.58 Å². The van der Waals surface area contributed by atoms with Gasteiger partial charge in [0.15, 0.2) is 0 Å². The number of para-hydroxylation sites is 1. The molecule has 1 aliphatic rings. The third kappa shape index (κ3) is 4.44. The van der Waals surface area contributed by atoms with Gasteiger partial charge in [-0.25, -0.2) is 4.90 Å². The highest BCUT2D eigenvalue weighted by Crippen LogP contribution is 2.37. The van der Waals surface area contributed by atoms with Crippen molar-refractivity contribution in [1.82, 2.24) is 10.1 Å². The van der Waals surface area contributed by atoms with Gasteiger partial charge in [-0.2, -0.15) is 0 Å². The molecule has 1 amide bonds. The summed E-state index contributed by atoms with van der Waals surface area (Å²) in [6.07, 6.45) is -0.612. The van der Waals surface area contributed by atoms with Crippen molar-refractivity contribution < 1.29 is 14.2 Å². The first-order valence-corrected chi connectivity index (χ1v) is 12.4. The number of carbonyl (C=O) groups excluding carboxylic acids is 1. The number of fused-ring (bicyclic) bond motifs is 3. The van der Waals surface area contributed by atoms with E-state index in [0.29, 0.717) is 28.7 Å². The first-order chi connectivity index (χ1) is 17.1. The molecule has 1 aliphatic heterocycles. The van der Waals surface area contributed by atoms with Gasteiger partial charge in [0.2, 0.25) is 11.1 Å². The monoisotopic (exact) mass is 485 g/mol. The molecule has 176 valence electrons. The average molecular weight is 486 g/mol. The Labute approximate surface area is 207 Å². The number of aromatic amines is 1. The fourth-order valence-corrected chi connectivity index (χ4v) is 4.88. The molecule has 35 heavy (non-hydrogen) atoms. The number of thioether (sulfide) groups is 1. The summed E-state index contributed by atoms with van der Waals surface area (Å²) in [5.74, 6) is 1.33. The Morgan fingerprint density at radius 1 is 1.06 bits per heavy atom. The zero-order valence-corrected chi connectivity index (χ0v) is 20.3. The molecule has 7 nitrogen and oxygen atoms in total. The molecule has 8 heteroatoms. The van der Waals surface area contributed by atoms with Crippen LogP contribution in [0.5, 0.6) is 5.75 Å². The summed E-state index contributed by atoms with van der Waals surface area (Å²) in [5, 5.41) is 5.26. The van der Waals surface area contributed by atoms with Crippen molar-refractivity contribution in [3.05, 3.63) is 100 Å². The van der Waals surface area contributed by atoms with Gasteiger partial charge in [-0.3, -0.25) is 14.6 Å². The maximum Gasteiger partial charge on any atom is 0.325 e. The number of carbonyl (C=O) groups is 1. The van der Waals surface area contributed by atoms with Gasteiger partial charge in [-0.1, -0.05) is 61.2 Å². The molecule has 0 unspecified atom stereocenters. The van der Waals surface area contributed by atoms with E-state index in [1.807, 2.05) is 85.8 Å². The Morgan fingerprint density at radius 2 is 1.77 bits per heavy atom. The number of nitrogens with one attached hydrogen (secondary N) is 1. The van der Waals surface area contributed by atoms with E-state index in [9.17, 15) is 9.59 Å². The van der Waals surface area contributed by atoms with E-state index in [4.69, 9.17) is 9.84 Å². The molecule has 0 bridgehead atoms. The smallest absolute Gasteiger partial charge is 0.325 e. The van der Waals surface area contributed by atoms with Crippen LogP contribution < -0.4 is 19.9 Å². The van der Waals surface area contributed by atoms with Crippen LogP contribution in [0.25, 0.3) is 11.3 Å². The SMILES string of the molecule is CCSc1n[n+]2c(c(=O)[nH]1)-c1ccccc1N(C(C)=O)[C@H]2c1ccc(OCc2ccccc2)cc1. The Balaban J connectivity index is 1.58. The molecule has 1 aromatic heterocycles. The summed E-state index contributed by atoms with van der Waals surface area (Å²) in [6.45, 7) is 3.99. The minimum absolute atomic E-state index is 0.142. The number of amides is 1. The van der Waals surface area contributed by atoms with Crippen molar-refractivity contribution in [3.63, 3.8) is 0 Å². The summed E-state index contributed by atoms with van der Waals surface area (Å²) >= 11 is 1.45. The number of hydrogen-bond donors (Lipinski definition) is 1. The predicted molar refractivity (Wildman–Crippen MR) is 135 cm³/mol. The average Bonchev–Trinajstić information content (AvgIpc) is 2.87. The molecule has 0 radical (unpaired) electrons. The van der Waals surface area contributed by atoms with Crippen LogP contribution in [-0.2, 0) is 11.4 Å². The van der Waals surface area contributed by atoms with Gasteiger partial charge >= 0.3 is 11.3 Å². The molecule has 4 aromatic rings. The standard InChI is InChI=1S/C27H24N4O3S/c1-3-35-27-28-25(33)24-22-11-7-8-12-23(22)30(18(2)32)26(31(24)29-27)20-13-15-21(16-14-20)34-17-19-9-5-4-6-10-19/h4-16,26H,3,17H2,1-2H3/p+1/t26-/m1/s1. The van der Waals surface area contributed by atoms with Crippen LogP contribution in [0.3, 0.4) is 0 Å². The van der Waals surface area contributed by atoms with Crippen molar-refractivity contribution in [3.8, 4) is 17.0 Å². The third-order valence-electron chi connectivity index (χ3n) is 5.81. The van der Waals surface area contributed by atoms with Gasteiger partial charge in [0.1, 0.15) is 12.4 Å². The number of H-pyrrole nitrogens is 1. The summed E-state index contributed by atoms with van der Waals surface area (Å²) < 4.78 is 7.61. The van der Waals surface area contributed by atoms with Gasteiger partial charge in [0, 0.05) is 17.6 Å². The highest BCUT2D eigenvalue weighted by molar-refractivity contribution is 7.99. The van der Waals surface area contributed by atoms with Crippen LogP contribution in [-0.4, -0.2) is 21.7 Å². The summed E-state index contributed by atoms with van der Waals surface area (Å²) in [6, 6.07) is 25.0. The van der Waals surface area contributed by atoms with E-state index in [1.165, 1.54) is 18.7 Å². The van der Waals surface area contributed by atoms with E-state index >= 15 is 0 Å².